The lowest BCUT2D eigenvalue weighted by Crippen LogP contribution is -2.31. The number of rotatable bonds is 3. The highest BCUT2D eigenvalue weighted by Gasteiger charge is 2.36. The maximum absolute atomic E-state index is 10.2. The zero-order valence-corrected chi connectivity index (χ0v) is 12.7. The van der Waals surface area contributed by atoms with Crippen LogP contribution < -0.4 is 0 Å². The van der Waals surface area contributed by atoms with Crippen molar-refractivity contribution in [2.75, 3.05) is 0 Å². The molecule has 1 aliphatic carbocycles. The van der Waals surface area contributed by atoms with Crippen LogP contribution in [0.15, 0.2) is 42.0 Å². The molecule has 1 atom stereocenters. The van der Waals surface area contributed by atoms with Gasteiger partial charge in [-0.25, -0.2) is 0 Å². The molecule has 0 saturated heterocycles. The van der Waals surface area contributed by atoms with E-state index in [0.717, 1.165) is 12.0 Å². The fourth-order valence-corrected chi connectivity index (χ4v) is 2.95. The van der Waals surface area contributed by atoms with Crippen LogP contribution in [0.2, 0.25) is 0 Å². The van der Waals surface area contributed by atoms with Crippen LogP contribution in [0.3, 0.4) is 0 Å². The van der Waals surface area contributed by atoms with Gasteiger partial charge >= 0.3 is 0 Å². The van der Waals surface area contributed by atoms with Gasteiger partial charge in [0, 0.05) is 17.0 Å². The summed E-state index contributed by atoms with van der Waals surface area (Å²) in [6.07, 6.45) is 7.56. The fraction of sp³-hybridized carbons (Fsp3) is 0.444. The van der Waals surface area contributed by atoms with Gasteiger partial charge in [-0.05, 0) is 29.9 Å². The molecular formula is C18H24O2. The first kappa shape index (κ1) is 14.7. The molecule has 0 radical (unpaired) electrons. The largest absolute Gasteiger partial charge is 0.508 e. The van der Waals surface area contributed by atoms with Crippen LogP contribution >= 0.6 is 0 Å². The third kappa shape index (κ3) is 2.47. The van der Waals surface area contributed by atoms with Gasteiger partial charge in [-0.3, -0.25) is 0 Å². The molecule has 1 aromatic carbocycles. The minimum Gasteiger partial charge on any atom is -0.508 e. The summed E-state index contributed by atoms with van der Waals surface area (Å²) in [5, 5.41) is 19.7. The second-order valence-electron chi connectivity index (χ2n) is 6.29. The van der Waals surface area contributed by atoms with E-state index in [1.165, 1.54) is 11.6 Å². The van der Waals surface area contributed by atoms with E-state index in [1.807, 2.05) is 6.07 Å². The Morgan fingerprint density at radius 3 is 2.25 bits per heavy atom. The second kappa shape index (κ2) is 5.35. The molecule has 0 aliphatic heterocycles. The van der Waals surface area contributed by atoms with Crippen LogP contribution in [0, 0.1) is 11.8 Å². The third-order valence-corrected chi connectivity index (χ3v) is 4.43. The number of hydrogen-bond acceptors (Lipinski definition) is 2. The van der Waals surface area contributed by atoms with Crippen LogP contribution in [0.5, 0.6) is 11.5 Å². The van der Waals surface area contributed by atoms with Gasteiger partial charge in [0.15, 0.2) is 0 Å². The van der Waals surface area contributed by atoms with Gasteiger partial charge in [-0.2, -0.15) is 0 Å². The van der Waals surface area contributed by atoms with Crippen molar-refractivity contribution in [3.05, 3.63) is 47.6 Å². The average Bonchev–Trinajstić information content (AvgIpc) is 2.38. The van der Waals surface area contributed by atoms with E-state index < -0.39 is 0 Å². The van der Waals surface area contributed by atoms with E-state index in [4.69, 9.17) is 0 Å². The fourth-order valence-electron chi connectivity index (χ4n) is 2.95. The molecule has 0 heterocycles. The summed E-state index contributed by atoms with van der Waals surface area (Å²) in [5.74, 6) is 1.15. The summed E-state index contributed by atoms with van der Waals surface area (Å²) in [4.78, 5) is 0. The molecule has 2 nitrogen and oxygen atoms in total. The number of benzene rings is 1. The highest BCUT2D eigenvalue weighted by molar-refractivity contribution is 5.49. The monoisotopic (exact) mass is 272 g/mol. The van der Waals surface area contributed by atoms with Crippen molar-refractivity contribution in [3.63, 3.8) is 0 Å². The van der Waals surface area contributed by atoms with E-state index in [1.54, 1.807) is 6.07 Å². The van der Waals surface area contributed by atoms with E-state index in [9.17, 15) is 10.2 Å². The average molecular weight is 272 g/mol. The Balaban J connectivity index is 2.46. The standard InChI is InChI=1S/C18H24O2/c1-12(2)14-7-9-18(10-8-14,13(3)4)16-6-5-15(19)11-17(16)20/h5-9,11-13,19-20H,10H2,1-4H3. The Morgan fingerprint density at radius 2 is 1.80 bits per heavy atom. The van der Waals surface area contributed by atoms with Crippen molar-refractivity contribution in [2.24, 2.45) is 11.8 Å². The van der Waals surface area contributed by atoms with Gasteiger partial charge in [0.05, 0.1) is 0 Å². The zero-order valence-electron chi connectivity index (χ0n) is 12.7. The van der Waals surface area contributed by atoms with Gasteiger partial charge in [0.1, 0.15) is 11.5 Å². The summed E-state index contributed by atoms with van der Waals surface area (Å²) >= 11 is 0. The molecule has 2 heteroatoms. The van der Waals surface area contributed by atoms with Gasteiger partial charge in [0.2, 0.25) is 0 Å². The maximum Gasteiger partial charge on any atom is 0.123 e. The first-order chi connectivity index (χ1) is 9.36. The molecule has 0 amide bonds. The SMILES string of the molecule is CC(C)C1=CCC(c2ccc(O)cc2O)(C(C)C)C=C1. The molecule has 0 saturated carbocycles. The lowest BCUT2D eigenvalue weighted by Gasteiger charge is -2.37. The highest BCUT2D eigenvalue weighted by atomic mass is 16.3. The van der Waals surface area contributed by atoms with Crippen LogP contribution in [-0.4, -0.2) is 10.2 Å². The van der Waals surface area contributed by atoms with Crippen LogP contribution in [0.1, 0.15) is 39.7 Å². The van der Waals surface area contributed by atoms with Crippen molar-refractivity contribution >= 4 is 0 Å². The van der Waals surface area contributed by atoms with Crippen molar-refractivity contribution in [1.82, 2.24) is 0 Å². The Labute approximate surface area is 121 Å². The Kier molecular flexibility index (Phi) is 3.94. The van der Waals surface area contributed by atoms with E-state index >= 15 is 0 Å². The number of hydrogen-bond donors (Lipinski definition) is 2. The van der Waals surface area contributed by atoms with Gasteiger partial charge in [-0.15, -0.1) is 0 Å². The predicted molar refractivity (Wildman–Crippen MR) is 83.0 cm³/mol. The number of phenolic OH excluding ortho intramolecular Hbond substituents is 2. The summed E-state index contributed by atoms with van der Waals surface area (Å²) in [5.41, 5.74) is 2.04. The molecule has 0 aromatic heterocycles. The van der Waals surface area contributed by atoms with Crippen molar-refractivity contribution in [3.8, 4) is 11.5 Å². The lowest BCUT2D eigenvalue weighted by atomic mass is 9.66. The Hall–Kier alpha value is -1.70. The van der Waals surface area contributed by atoms with E-state index in [-0.39, 0.29) is 16.9 Å². The van der Waals surface area contributed by atoms with Gasteiger partial charge in [0.25, 0.3) is 0 Å². The number of aromatic hydroxyl groups is 2. The molecule has 1 unspecified atom stereocenters. The predicted octanol–water partition coefficient (Wildman–Crippen LogP) is 4.53. The normalized spacial score (nSPS) is 22.4. The minimum atomic E-state index is -0.198. The lowest BCUT2D eigenvalue weighted by molar-refractivity contribution is 0.358. The summed E-state index contributed by atoms with van der Waals surface area (Å²) in [6.45, 7) is 8.73. The quantitative estimate of drug-likeness (QED) is 0.848. The topological polar surface area (TPSA) is 40.5 Å². The van der Waals surface area contributed by atoms with E-state index in [0.29, 0.717) is 11.8 Å². The van der Waals surface area contributed by atoms with Crippen LogP contribution in [0.4, 0.5) is 0 Å². The zero-order chi connectivity index (χ0) is 14.9. The maximum atomic E-state index is 10.2. The first-order valence-electron chi connectivity index (χ1n) is 7.28. The molecule has 20 heavy (non-hydrogen) atoms. The van der Waals surface area contributed by atoms with Crippen molar-refractivity contribution in [2.45, 2.75) is 39.5 Å². The van der Waals surface area contributed by atoms with Crippen molar-refractivity contribution in [1.29, 1.82) is 0 Å². The molecule has 1 aromatic rings. The Bertz CT molecular complexity index is 553. The highest BCUT2D eigenvalue weighted by Crippen LogP contribution is 2.45. The van der Waals surface area contributed by atoms with Gasteiger partial charge < -0.3 is 10.2 Å². The molecule has 0 bridgehead atoms. The molecule has 0 fully saturated rings. The molecule has 1 aliphatic rings. The Morgan fingerprint density at radius 1 is 1.10 bits per heavy atom. The van der Waals surface area contributed by atoms with Crippen LogP contribution in [0.25, 0.3) is 0 Å². The molecule has 2 N–H and O–H groups in total. The number of phenols is 2. The molecular weight excluding hydrogens is 248 g/mol. The first-order valence-corrected chi connectivity index (χ1v) is 7.28. The smallest absolute Gasteiger partial charge is 0.123 e. The number of allylic oxidation sites excluding steroid dienone is 4. The third-order valence-electron chi connectivity index (χ3n) is 4.43. The summed E-state index contributed by atoms with van der Waals surface area (Å²) in [7, 11) is 0. The minimum absolute atomic E-state index is 0.100. The van der Waals surface area contributed by atoms with Gasteiger partial charge in [-0.1, -0.05) is 52.0 Å². The molecule has 108 valence electrons. The summed E-state index contributed by atoms with van der Waals surface area (Å²) in [6, 6.07) is 4.91. The van der Waals surface area contributed by atoms with Crippen LogP contribution in [-0.2, 0) is 5.41 Å². The summed E-state index contributed by atoms with van der Waals surface area (Å²) < 4.78 is 0. The second-order valence-corrected chi connectivity index (χ2v) is 6.29. The molecule has 0 spiro atoms. The van der Waals surface area contributed by atoms with Crippen molar-refractivity contribution < 1.29 is 10.2 Å². The van der Waals surface area contributed by atoms with E-state index in [2.05, 4.69) is 45.9 Å². The molecule has 2 rings (SSSR count).